The van der Waals surface area contributed by atoms with Crippen molar-refractivity contribution in [2.24, 2.45) is 0 Å². The maximum atomic E-state index is 6.35. The van der Waals surface area contributed by atoms with Crippen molar-refractivity contribution in [3.63, 3.8) is 0 Å². The zero-order chi connectivity index (χ0) is 15.9. The van der Waals surface area contributed by atoms with Crippen molar-refractivity contribution in [2.75, 3.05) is 13.7 Å². The number of rotatable bonds is 9. The van der Waals surface area contributed by atoms with E-state index in [4.69, 9.17) is 27.9 Å². The van der Waals surface area contributed by atoms with Crippen LogP contribution in [0.1, 0.15) is 45.6 Å². The van der Waals surface area contributed by atoms with E-state index in [1.165, 1.54) is 0 Å². The Morgan fingerprint density at radius 1 is 1.19 bits per heavy atom. The Bertz CT molecular complexity index is 425. The van der Waals surface area contributed by atoms with Gasteiger partial charge >= 0.3 is 0 Å². The Labute approximate surface area is 139 Å². The normalized spacial score (nSPS) is 13.4. The summed E-state index contributed by atoms with van der Waals surface area (Å²) in [5, 5.41) is 4.89. The summed E-state index contributed by atoms with van der Waals surface area (Å²) in [5.41, 5.74) is 0.891. The molecule has 0 bridgehead atoms. The highest BCUT2D eigenvalue weighted by atomic mass is 35.5. The van der Waals surface area contributed by atoms with Crippen molar-refractivity contribution in [2.45, 2.75) is 58.1 Å². The fourth-order valence-electron chi connectivity index (χ4n) is 2.86. The lowest BCUT2D eigenvalue weighted by molar-refractivity contribution is -0.0471. The van der Waals surface area contributed by atoms with Crippen molar-refractivity contribution >= 4 is 23.2 Å². The molecule has 1 N–H and O–H groups in total. The topological polar surface area (TPSA) is 21.3 Å². The van der Waals surface area contributed by atoms with E-state index in [2.05, 4.69) is 26.1 Å². The third-order valence-corrected chi connectivity index (χ3v) is 5.19. The first-order valence-electron chi connectivity index (χ1n) is 7.76. The van der Waals surface area contributed by atoms with Crippen molar-refractivity contribution in [1.29, 1.82) is 0 Å². The standard InChI is InChI=1S/C17H27Cl2NO/c1-5-11-20-15(17(6-2,7-3)21-4)12-13-9-8-10-14(18)16(13)19/h8-10,15,20H,5-7,11-12H2,1-4H3. The van der Waals surface area contributed by atoms with Crippen LogP contribution >= 0.6 is 23.2 Å². The lowest BCUT2D eigenvalue weighted by Gasteiger charge is -2.39. The highest BCUT2D eigenvalue weighted by molar-refractivity contribution is 6.42. The molecule has 4 heteroatoms. The van der Waals surface area contributed by atoms with Gasteiger partial charge in [-0.05, 0) is 43.9 Å². The van der Waals surface area contributed by atoms with Gasteiger partial charge in [-0.2, -0.15) is 0 Å². The first-order chi connectivity index (χ1) is 10.0. The van der Waals surface area contributed by atoms with Gasteiger partial charge in [0.2, 0.25) is 0 Å². The Morgan fingerprint density at radius 3 is 2.38 bits per heavy atom. The molecule has 0 amide bonds. The zero-order valence-corrected chi connectivity index (χ0v) is 15.0. The van der Waals surface area contributed by atoms with Crippen LogP contribution in [0.4, 0.5) is 0 Å². The molecule has 0 fully saturated rings. The molecule has 1 unspecified atom stereocenters. The van der Waals surface area contributed by atoms with Gasteiger partial charge in [-0.25, -0.2) is 0 Å². The largest absolute Gasteiger partial charge is 0.377 e. The molecule has 0 aliphatic heterocycles. The summed E-state index contributed by atoms with van der Waals surface area (Å²) in [6, 6.07) is 6.03. The van der Waals surface area contributed by atoms with Gasteiger partial charge in [-0.1, -0.05) is 56.1 Å². The molecule has 1 atom stereocenters. The number of hydrogen-bond acceptors (Lipinski definition) is 2. The minimum Gasteiger partial charge on any atom is -0.377 e. The molecule has 0 saturated carbocycles. The van der Waals surface area contributed by atoms with Crippen LogP contribution in [0.5, 0.6) is 0 Å². The van der Waals surface area contributed by atoms with Gasteiger partial charge in [0.25, 0.3) is 0 Å². The van der Waals surface area contributed by atoms with E-state index >= 15 is 0 Å². The first-order valence-corrected chi connectivity index (χ1v) is 8.51. The first kappa shape index (κ1) is 18.8. The second-order valence-electron chi connectivity index (χ2n) is 5.40. The highest BCUT2D eigenvalue weighted by Crippen LogP contribution is 2.31. The Balaban J connectivity index is 3.04. The molecular formula is C17H27Cl2NO. The quantitative estimate of drug-likeness (QED) is 0.678. The molecular weight excluding hydrogens is 305 g/mol. The number of halogens is 2. The maximum Gasteiger partial charge on any atom is 0.0828 e. The second kappa shape index (κ2) is 8.99. The molecule has 0 radical (unpaired) electrons. The van der Waals surface area contributed by atoms with E-state index in [1.807, 2.05) is 18.2 Å². The summed E-state index contributed by atoms with van der Waals surface area (Å²) in [6.45, 7) is 7.48. The van der Waals surface area contributed by atoms with Crippen LogP contribution in [0.3, 0.4) is 0 Å². The zero-order valence-electron chi connectivity index (χ0n) is 13.5. The van der Waals surface area contributed by atoms with E-state index in [0.29, 0.717) is 10.0 Å². The average molecular weight is 332 g/mol. The van der Waals surface area contributed by atoms with Crippen molar-refractivity contribution < 1.29 is 4.74 Å². The fraction of sp³-hybridized carbons (Fsp3) is 0.647. The van der Waals surface area contributed by atoms with Gasteiger partial charge in [0.1, 0.15) is 0 Å². The molecule has 0 spiro atoms. The van der Waals surface area contributed by atoms with Crippen LogP contribution in [-0.2, 0) is 11.2 Å². The molecule has 0 aliphatic carbocycles. The van der Waals surface area contributed by atoms with E-state index < -0.39 is 0 Å². The molecule has 0 saturated heterocycles. The summed E-state index contributed by atoms with van der Waals surface area (Å²) in [5.74, 6) is 0. The van der Waals surface area contributed by atoms with Gasteiger partial charge in [0.15, 0.2) is 0 Å². The molecule has 1 aromatic rings. The molecule has 0 heterocycles. The lowest BCUT2D eigenvalue weighted by atomic mass is 9.84. The predicted molar refractivity (Wildman–Crippen MR) is 92.6 cm³/mol. The van der Waals surface area contributed by atoms with Crippen LogP contribution in [0.2, 0.25) is 10.0 Å². The Kier molecular flexibility index (Phi) is 8.04. The van der Waals surface area contributed by atoms with Crippen molar-refractivity contribution in [3.8, 4) is 0 Å². The third-order valence-electron chi connectivity index (χ3n) is 4.33. The van der Waals surface area contributed by atoms with Crippen LogP contribution in [0, 0.1) is 0 Å². The van der Waals surface area contributed by atoms with Crippen LogP contribution in [0.25, 0.3) is 0 Å². The van der Waals surface area contributed by atoms with Crippen molar-refractivity contribution in [3.05, 3.63) is 33.8 Å². The molecule has 120 valence electrons. The monoisotopic (exact) mass is 331 g/mol. The number of nitrogens with one attached hydrogen (secondary N) is 1. The van der Waals surface area contributed by atoms with Gasteiger partial charge in [-0.3, -0.25) is 0 Å². The van der Waals surface area contributed by atoms with E-state index in [1.54, 1.807) is 7.11 Å². The Hall–Kier alpha value is -0.280. The molecule has 21 heavy (non-hydrogen) atoms. The maximum absolute atomic E-state index is 6.35. The van der Waals surface area contributed by atoms with Gasteiger partial charge in [0.05, 0.1) is 15.6 Å². The van der Waals surface area contributed by atoms with Crippen LogP contribution in [0.15, 0.2) is 18.2 Å². The van der Waals surface area contributed by atoms with E-state index in [0.717, 1.165) is 37.8 Å². The molecule has 0 aliphatic rings. The second-order valence-corrected chi connectivity index (χ2v) is 6.18. The van der Waals surface area contributed by atoms with Crippen LogP contribution in [-0.4, -0.2) is 25.3 Å². The van der Waals surface area contributed by atoms with Gasteiger partial charge in [-0.15, -0.1) is 0 Å². The predicted octanol–water partition coefficient (Wildman–Crippen LogP) is 5.11. The summed E-state index contributed by atoms with van der Waals surface area (Å²) in [4.78, 5) is 0. The minimum atomic E-state index is -0.180. The van der Waals surface area contributed by atoms with Crippen molar-refractivity contribution in [1.82, 2.24) is 5.32 Å². The van der Waals surface area contributed by atoms with E-state index in [-0.39, 0.29) is 11.6 Å². The fourth-order valence-corrected chi connectivity index (χ4v) is 3.26. The molecule has 1 aromatic carbocycles. The van der Waals surface area contributed by atoms with Gasteiger partial charge in [0, 0.05) is 13.2 Å². The van der Waals surface area contributed by atoms with Crippen LogP contribution < -0.4 is 5.32 Å². The summed E-state index contributed by atoms with van der Waals surface area (Å²) in [6.07, 6.45) is 3.82. The number of ether oxygens (including phenoxy) is 1. The number of hydrogen-bond donors (Lipinski definition) is 1. The third kappa shape index (κ3) is 4.59. The lowest BCUT2D eigenvalue weighted by Crippen LogP contribution is -2.53. The summed E-state index contributed by atoms with van der Waals surface area (Å²) < 4.78 is 5.90. The summed E-state index contributed by atoms with van der Waals surface area (Å²) >= 11 is 12.5. The molecule has 0 aromatic heterocycles. The Morgan fingerprint density at radius 2 is 1.86 bits per heavy atom. The van der Waals surface area contributed by atoms with Gasteiger partial charge < -0.3 is 10.1 Å². The average Bonchev–Trinajstić information content (AvgIpc) is 2.51. The molecule has 2 nitrogen and oxygen atoms in total. The summed E-state index contributed by atoms with van der Waals surface area (Å²) in [7, 11) is 1.80. The van der Waals surface area contributed by atoms with E-state index in [9.17, 15) is 0 Å². The smallest absolute Gasteiger partial charge is 0.0828 e. The highest BCUT2D eigenvalue weighted by Gasteiger charge is 2.35. The number of methoxy groups -OCH3 is 1. The SMILES string of the molecule is CCCNC(Cc1cccc(Cl)c1Cl)C(CC)(CC)OC. The minimum absolute atomic E-state index is 0.180. The molecule has 1 rings (SSSR count). The number of benzene rings is 1.